The van der Waals surface area contributed by atoms with Crippen molar-refractivity contribution in [1.29, 1.82) is 0 Å². The lowest BCUT2D eigenvalue weighted by molar-refractivity contribution is -0.113. The van der Waals surface area contributed by atoms with Gasteiger partial charge in [-0.2, -0.15) is 4.98 Å². The fraction of sp³-hybridized carbons (Fsp3) is 0.360. The van der Waals surface area contributed by atoms with Crippen LogP contribution in [0.2, 0.25) is 0 Å². The molecule has 0 aliphatic heterocycles. The van der Waals surface area contributed by atoms with E-state index in [-0.39, 0.29) is 17.3 Å². The number of carbonyl (C=O) groups is 1. The smallest absolute Gasteiger partial charge is 0.325 e. The molecule has 3 aromatic rings. The Balaban J connectivity index is 1.41. The SMILES string of the molecule is CCCCc1ccc(NC(=O)CSc2nc(=O)n(Cc3cccnc3)c3c2CCC3)cc1. The Morgan fingerprint density at radius 1 is 1.16 bits per heavy atom. The summed E-state index contributed by atoms with van der Waals surface area (Å²) in [6, 6.07) is 11.9. The molecule has 0 unspecified atom stereocenters. The Labute approximate surface area is 192 Å². The van der Waals surface area contributed by atoms with Gasteiger partial charge in [-0.3, -0.25) is 14.3 Å². The molecule has 0 atom stereocenters. The van der Waals surface area contributed by atoms with E-state index >= 15 is 0 Å². The molecule has 0 bridgehead atoms. The van der Waals surface area contributed by atoms with E-state index in [0.717, 1.165) is 48.2 Å². The first-order valence-corrected chi connectivity index (χ1v) is 12.2. The number of nitrogens with one attached hydrogen (secondary N) is 1. The molecule has 0 saturated carbocycles. The summed E-state index contributed by atoms with van der Waals surface area (Å²) >= 11 is 1.35. The van der Waals surface area contributed by atoms with Crippen molar-refractivity contribution in [3.63, 3.8) is 0 Å². The van der Waals surface area contributed by atoms with E-state index in [0.29, 0.717) is 11.6 Å². The highest BCUT2D eigenvalue weighted by Crippen LogP contribution is 2.29. The molecule has 7 heteroatoms. The van der Waals surface area contributed by atoms with Crippen molar-refractivity contribution in [3.05, 3.63) is 81.7 Å². The third kappa shape index (κ3) is 5.46. The van der Waals surface area contributed by atoms with Crippen LogP contribution in [0.3, 0.4) is 0 Å². The Morgan fingerprint density at radius 3 is 2.75 bits per heavy atom. The van der Waals surface area contributed by atoms with E-state index in [1.165, 1.54) is 30.2 Å². The zero-order valence-electron chi connectivity index (χ0n) is 18.3. The molecule has 1 aromatic carbocycles. The van der Waals surface area contributed by atoms with Gasteiger partial charge in [0, 0.05) is 29.3 Å². The molecule has 0 spiro atoms. The first kappa shape index (κ1) is 22.3. The Morgan fingerprint density at radius 2 is 2.00 bits per heavy atom. The number of carbonyl (C=O) groups excluding carboxylic acids is 1. The highest BCUT2D eigenvalue weighted by atomic mass is 32.2. The summed E-state index contributed by atoms with van der Waals surface area (Å²) in [5.41, 5.74) is 4.93. The molecule has 1 aliphatic carbocycles. The molecule has 166 valence electrons. The molecule has 1 N–H and O–H groups in total. The lowest BCUT2D eigenvalue weighted by atomic mass is 10.1. The summed E-state index contributed by atoms with van der Waals surface area (Å²) in [5.74, 6) is 0.132. The number of aromatic nitrogens is 3. The minimum absolute atomic E-state index is 0.0932. The molecule has 0 fully saturated rings. The van der Waals surface area contributed by atoms with Crippen LogP contribution < -0.4 is 11.0 Å². The summed E-state index contributed by atoms with van der Waals surface area (Å²) in [4.78, 5) is 33.7. The Bertz CT molecular complexity index is 1130. The molecular formula is C25H28N4O2S. The van der Waals surface area contributed by atoms with Crippen LogP contribution in [0.15, 0.2) is 58.6 Å². The van der Waals surface area contributed by atoms with Gasteiger partial charge in [0.15, 0.2) is 0 Å². The molecule has 6 nitrogen and oxygen atoms in total. The summed E-state index contributed by atoms with van der Waals surface area (Å²) in [5, 5.41) is 3.63. The van der Waals surface area contributed by atoms with Crippen LogP contribution in [-0.2, 0) is 30.6 Å². The number of benzene rings is 1. The maximum Gasteiger partial charge on any atom is 0.349 e. The molecular weight excluding hydrogens is 420 g/mol. The molecule has 4 rings (SSSR count). The lowest BCUT2D eigenvalue weighted by Gasteiger charge is -2.14. The molecule has 2 heterocycles. The van der Waals surface area contributed by atoms with Crippen LogP contribution >= 0.6 is 11.8 Å². The molecule has 2 aromatic heterocycles. The zero-order chi connectivity index (χ0) is 22.3. The number of hydrogen-bond donors (Lipinski definition) is 1. The zero-order valence-corrected chi connectivity index (χ0v) is 19.2. The average molecular weight is 449 g/mol. The van der Waals surface area contributed by atoms with Crippen LogP contribution in [0.25, 0.3) is 0 Å². The molecule has 0 radical (unpaired) electrons. The van der Waals surface area contributed by atoms with Crippen LogP contribution in [0.4, 0.5) is 5.69 Å². The number of anilines is 1. The maximum atomic E-state index is 12.8. The van der Waals surface area contributed by atoms with E-state index in [2.05, 4.69) is 34.3 Å². The van der Waals surface area contributed by atoms with Gasteiger partial charge in [-0.1, -0.05) is 43.3 Å². The fourth-order valence-corrected chi connectivity index (χ4v) is 4.89. The summed E-state index contributed by atoms with van der Waals surface area (Å²) in [7, 11) is 0. The third-order valence-corrected chi connectivity index (χ3v) is 6.68. The van der Waals surface area contributed by atoms with Crippen LogP contribution in [0, 0.1) is 0 Å². The summed E-state index contributed by atoms with van der Waals surface area (Å²) in [6.45, 7) is 2.65. The summed E-state index contributed by atoms with van der Waals surface area (Å²) in [6.07, 6.45) is 9.64. The first-order valence-electron chi connectivity index (χ1n) is 11.2. The largest absolute Gasteiger partial charge is 0.349 e. The number of nitrogens with zero attached hydrogens (tertiary/aromatic N) is 3. The van der Waals surface area contributed by atoms with E-state index in [1.54, 1.807) is 17.0 Å². The van der Waals surface area contributed by atoms with Crippen molar-refractivity contribution >= 4 is 23.4 Å². The normalized spacial score (nSPS) is 12.5. The fourth-order valence-electron chi connectivity index (χ4n) is 4.01. The first-order chi connectivity index (χ1) is 15.6. The average Bonchev–Trinajstić information content (AvgIpc) is 3.30. The second-order valence-corrected chi connectivity index (χ2v) is 9.03. The number of aryl methyl sites for hydroxylation is 1. The minimum atomic E-state index is -0.264. The molecule has 32 heavy (non-hydrogen) atoms. The van der Waals surface area contributed by atoms with Gasteiger partial charge in [0.2, 0.25) is 5.91 Å². The van der Waals surface area contributed by atoms with Gasteiger partial charge in [-0.25, -0.2) is 4.79 Å². The maximum absolute atomic E-state index is 12.8. The minimum Gasteiger partial charge on any atom is -0.325 e. The van der Waals surface area contributed by atoms with Crippen molar-refractivity contribution in [1.82, 2.24) is 14.5 Å². The second kappa shape index (κ2) is 10.6. The topological polar surface area (TPSA) is 76.9 Å². The Hall–Kier alpha value is -2.93. The predicted molar refractivity (Wildman–Crippen MR) is 128 cm³/mol. The van der Waals surface area contributed by atoms with E-state index in [9.17, 15) is 9.59 Å². The highest BCUT2D eigenvalue weighted by molar-refractivity contribution is 8.00. The van der Waals surface area contributed by atoms with Gasteiger partial charge in [-0.15, -0.1) is 0 Å². The standard InChI is InChI=1S/C25H28N4O2S/c1-2-3-6-18-10-12-20(13-11-18)27-23(30)17-32-24-21-8-4-9-22(21)29(25(31)28-24)16-19-7-5-14-26-15-19/h5,7,10-15H,2-4,6,8-9,16-17H2,1H3,(H,27,30). The van der Waals surface area contributed by atoms with Crippen LogP contribution in [0.1, 0.15) is 48.6 Å². The van der Waals surface area contributed by atoms with Gasteiger partial charge >= 0.3 is 5.69 Å². The molecule has 1 aliphatic rings. The van der Waals surface area contributed by atoms with Crippen molar-refractivity contribution < 1.29 is 4.79 Å². The van der Waals surface area contributed by atoms with Crippen LogP contribution in [0.5, 0.6) is 0 Å². The van der Waals surface area contributed by atoms with Crippen molar-refractivity contribution in [2.75, 3.05) is 11.1 Å². The molecule has 1 amide bonds. The number of fused-ring (bicyclic) bond motifs is 1. The monoisotopic (exact) mass is 448 g/mol. The van der Waals surface area contributed by atoms with E-state index in [1.807, 2.05) is 24.3 Å². The number of unbranched alkanes of at least 4 members (excludes halogenated alkanes) is 1. The van der Waals surface area contributed by atoms with Gasteiger partial charge in [0.05, 0.1) is 12.3 Å². The lowest BCUT2D eigenvalue weighted by Crippen LogP contribution is -2.28. The number of thioether (sulfide) groups is 1. The van der Waals surface area contributed by atoms with Crippen molar-refractivity contribution in [2.24, 2.45) is 0 Å². The van der Waals surface area contributed by atoms with Gasteiger partial charge in [0.1, 0.15) is 5.03 Å². The number of pyridine rings is 1. The number of hydrogen-bond acceptors (Lipinski definition) is 5. The quantitative estimate of drug-likeness (QED) is 0.391. The van der Waals surface area contributed by atoms with E-state index in [4.69, 9.17) is 0 Å². The second-order valence-electron chi connectivity index (χ2n) is 8.06. The number of rotatable bonds is 9. The highest BCUT2D eigenvalue weighted by Gasteiger charge is 2.22. The van der Waals surface area contributed by atoms with Crippen molar-refractivity contribution in [3.8, 4) is 0 Å². The molecule has 0 saturated heterocycles. The third-order valence-electron chi connectivity index (χ3n) is 5.66. The Kier molecular flexibility index (Phi) is 7.37. The van der Waals surface area contributed by atoms with Gasteiger partial charge in [0.25, 0.3) is 0 Å². The van der Waals surface area contributed by atoms with Gasteiger partial charge < -0.3 is 5.32 Å². The number of amides is 1. The van der Waals surface area contributed by atoms with Gasteiger partial charge in [-0.05, 0) is 61.4 Å². The van der Waals surface area contributed by atoms with Crippen molar-refractivity contribution in [2.45, 2.75) is 57.0 Å². The predicted octanol–water partition coefficient (Wildman–Crippen LogP) is 4.25. The van der Waals surface area contributed by atoms with Crippen LogP contribution in [-0.4, -0.2) is 26.2 Å². The van der Waals surface area contributed by atoms with E-state index < -0.39 is 0 Å². The summed E-state index contributed by atoms with van der Waals surface area (Å²) < 4.78 is 1.75.